The van der Waals surface area contributed by atoms with Crippen molar-refractivity contribution in [1.29, 1.82) is 0 Å². The van der Waals surface area contributed by atoms with Gasteiger partial charge in [0.15, 0.2) is 18.9 Å². The van der Waals surface area contributed by atoms with Gasteiger partial charge in [0.1, 0.15) is 73.1 Å². The number of ether oxygens (including phenoxy) is 21. The lowest BCUT2D eigenvalue weighted by Crippen LogP contribution is -2.64. The average molecular weight is 1450 g/mol. The van der Waals surface area contributed by atoms with Crippen LogP contribution in [0, 0.1) is 0 Å². The number of aliphatic hydroxyl groups is 9. The van der Waals surface area contributed by atoms with Crippen molar-refractivity contribution in [3.63, 3.8) is 0 Å². The fourth-order valence-electron chi connectivity index (χ4n) is 9.98. The van der Waals surface area contributed by atoms with E-state index in [4.69, 9.17) is 99.5 Å². The summed E-state index contributed by atoms with van der Waals surface area (Å²) in [5.74, 6) is -1.35. The molecule has 584 valence electrons. The minimum absolute atomic E-state index is 0.0477. The summed E-state index contributed by atoms with van der Waals surface area (Å²) in [5.41, 5.74) is -1.17. The fraction of sp³-hybridized carbons (Fsp3) is 0.952. The molecular formula is C62H118N4O33. The van der Waals surface area contributed by atoms with E-state index in [1.165, 1.54) is 20.8 Å². The number of nitrogens with one attached hydrogen (secondary N) is 4. The third-order valence-corrected chi connectivity index (χ3v) is 14.5. The maximum Gasteiger partial charge on any atom is 0.217 e. The lowest BCUT2D eigenvalue weighted by atomic mass is 9.97. The van der Waals surface area contributed by atoms with E-state index in [1.54, 1.807) is 0 Å². The Labute approximate surface area is 579 Å². The normalized spacial score (nSPS) is 26.0. The van der Waals surface area contributed by atoms with Crippen molar-refractivity contribution in [3.05, 3.63) is 0 Å². The van der Waals surface area contributed by atoms with Crippen LogP contribution in [0.25, 0.3) is 0 Å². The first kappa shape index (κ1) is 90.4. The van der Waals surface area contributed by atoms with Crippen molar-refractivity contribution in [2.24, 2.45) is 0 Å². The van der Waals surface area contributed by atoms with Gasteiger partial charge in [0.25, 0.3) is 0 Å². The zero-order chi connectivity index (χ0) is 72.5. The molecule has 3 amide bonds. The molecule has 37 heteroatoms. The summed E-state index contributed by atoms with van der Waals surface area (Å²) in [6.07, 6.45) is -15.0. The number of amides is 3. The molecule has 3 aliphatic rings. The van der Waals surface area contributed by atoms with E-state index in [0.29, 0.717) is 119 Å². The highest BCUT2D eigenvalue weighted by Gasteiger charge is 2.48. The van der Waals surface area contributed by atoms with E-state index < -0.39 is 135 Å². The van der Waals surface area contributed by atoms with Crippen molar-refractivity contribution in [2.75, 3.05) is 238 Å². The van der Waals surface area contributed by atoms with Gasteiger partial charge in [-0.25, -0.2) is 0 Å². The van der Waals surface area contributed by atoms with Crippen LogP contribution in [-0.4, -0.2) is 405 Å². The molecule has 0 bridgehead atoms. The SMILES string of the molecule is CC(=O)N[C@H]1[C@H](OCCOCCOCCOCCOCCOCC(COCCOCCOCCOCCOCCO[C@@H]2O[C@H](CO)[C@H](O)[C@H](O)[C@H]2NC(C)=O)(COCCOCCOCCOCCOCCO[C@@H]2O[C@H](CO)[C@H](O)[C@H](O)[C@H]2NC(C)=O)NC(C)(C)C)O[C@H](CO)[C@H](O)[C@@H]1O. The van der Waals surface area contributed by atoms with Gasteiger partial charge < -0.3 is 167 Å². The summed E-state index contributed by atoms with van der Waals surface area (Å²) in [6, 6.07) is -3.12. The maximum atomic E-state index is 11.6. The fourth-order valence-corrected chi connectivity index (χ4v) is 9.98. The zero-order valence-corrected chi connectivity index (χ0v) is 58.4. The van der Waals surface area contributed by atoms with Gasteiger partial charge in [-0.3, -0.25) is 14.4 Å². The molecule has 0 unspecified atom stereocenters. The number of hydrogen-bond acceptors (Lipinski definition) is 34. The number of hydrogen-bond donors (Lipinski definition) is 13. The highest BCUT2D eigenvalue weighted by molar-refractivity contribution is 5.74. The van der Waals surface area contributed by atoms with E-state index in [0.717, 1.165) is 0 Å². The Morgan fingerprint density at radius 2 is 0.485 bits per heavy atom. The van der Waals surface area contributed by atoms with E-state index >= 15 is 0 Å². The molecule has 3 saturated heterocycles. The summed E-state index contributed by atoms with van der Waals surface area (Å²) < 4.78 is 120. The van der Waals surface area contributed by atoms with Crippen molar-refractivity contribution in [2.45, 2.75) is 145 Å². The quantitative estimate of drug-likeness (QED) is 0.0252. The number of carbonyl (C=O) groups excluding carboxylic acids is 3. The van der Waals surface area contributed by atoms with Crippen LogP contribution in [0.1, 0.15) is 41.5 Å². The molecule has 13 N–H and O–H groups in total. The number of aliphatic hydroxyl groups excluding tert-OH is 9. The topological polar surface area (TPSA) is 475 Å². The summed E-state index contributed by atoms with van der Waals surface area (Å²) in [6.45, 7) is 16.8. The maximum absolute atomic E-state index is 11.6. The van der Waals surface area contributed by atoms with Gasteiger partial charge >= 0.3 is 0 Å². The Morgan fingerprint density at radius 1 is 0.303 bits per heavy atom. The summed E-state index contributed by atoms with van der Waals surface area (Å²) in [7, 11) is 0. The van der Waals surface area contributed by atoms with Gasteiger partial charge in [0.05, 0.1) is 243 Å². The molecule has 99 heavy (non-hydrogen) atoms. The zero-order valence-electron chi connectivity index (χ0n) is 58.4. The van der Waals surface area contributed by atoms with Crippen LogP contribution in [-0.2, 0) is 114 Å². The molecule has 37 nitrogen and oxygen atoms in total. The second-order valence-corrected chi connectivity index (χ2v) is 24.1. The van der Waals surface area contributed by atoms with Crippen LogP contribution >= 0.6 is 0 Å². The van der Waals surface area contributed by atoms with Gasteiger partial charge in [-0.05, 0) is 20.8 Å². The lowest BCUT2D eigenvalue weighted by molar-refractivity contribution is -0.272. The van der Waals surface area contributed by atoms with Crippen molar-refractivity contribution >= 4 is 17.7 Å². The van der Waals surface area contributed by atoms with Crippen molar-refractivity contribution in [1.82, 2.24) is 21.3 Å². The summed E-state index contributed by atoms with van der Waals surface area (Å²) in [5, 5.41) is 101. The second kappa shape index (κ2) is 54.7. The molecule has 0 saturated carbocycles. The summed E-state index contributed by atoms with van der Waals surface area (Å²) >= 11 is 0. The molecule has 0 aromatic rings. The first-order valence-electron chi connectivity index (χ1n) is 33.7. The van der Waals surface area contributed by atoms with Gasteiger partial charge in [-0.2, -0.15) is 0 Å². The van der Waals surface area contributed by atoms with Gasteiger partial charge in [-0.15, -0.1) is 0 Å². The molecule has 0 aliphatic carbocycles. The van der Waals surface area contributed by atoms with Crippen molar-refractivity contribution in [3.8, 4) is 0 Å². The number of rotatable bonds is 61. The Kier molecular flexibility index (Phi) is 50.0. The predicted octanol–water partition coefficient (Wildman–Crippen LogP) is -6.76. The molecule has 3 fully saturated rings. The van der Waals surface area contributed by atoms with Crippen LogP contribution in [0.15, 0.2) is 0 Å². The second-order valence-electron chi connectivity index (χ2n) is 24.1. The van der Waals surface area contributed by atoms with E-state index in [-0.39, 0.29) is 105 Å². The minimum atomic E-state index is -1.41. The molecule has 3 aliphatic heterocycles. The number of carbonyl (C=O) groups is 3. The molecule has 0 spiro atoms. The van der Waals surface area contributed by atoms with Crippen molar-refractivity contribution < 1.29 is 160 Å². The van der Waals surface area contributed by atoms with Gasteiger partial charge in [-0.1, -0.05) is 0 Å². The molecular weight excluding hydrogens is 1330 g/mol. The third-order valence-electron chi connectivity index (χ3n) is 14.5. The highest BCUT2D eigenvalue weighted by atomic mass is 16.7. The first-order chi connectivity index (χ1) is 47.7. The Morgan fingerprint density at radius 3 is 0.657 bits per heavy atom. The standard InChI is InChI=1S/C62H118N4O33/c1-43(70)63-49-55(76)52(73)46(37-67)97-58(49)94-34-31-88-22-19-82-10-7-79-13-16-85-25-28-91-40-62(66-61(4,5)6,41-92-29-26-86-17-14-80-8-11-83-20-23-89-32-35-95-59-50(64-44(2)71)56(77)53(74)47(38-68)98-59)42-93-30-27-87-18-15-81-9-12-84-21-24-90-33-36-96-60-51(65-45(3)72)57(78)54(75)48(39-69)99-60/h46-60,66-69,73-78H,7-42H2,1-6H3,(H,63,70)(H,64,71)(H,65,72)/t46-,47-,48-,49-,50-,51-,52+,53+,54+,55-,56-,57-,58-,59-,60-/m1/s1. The lowest BCUT2D eigenvalue weighted by Gasteiger charge is -2.42. The largest absolute Gasteiger partial charge is 0.394 e. The van der Waals surface area contributed by atoms with Crippen LogP contribution in [0.2, 0.25) is 0 Å². The van der Waals surface area contributed by atoms with Crippen LogP contribution < -0.4 is 21.3 Å². The third kappa shape index (κ3) is 39.7. The molecule has 0 radical (unpaired) electrons. The Hall–Kier alpha value is -2.83. The van der Waals surface area contributed by atoms with E-state index in [1.807, 2.05) is 20.8 Å². The molecule has 3 rings (SSSR count). The van der Waals surface area contributed by atoms with Crippen LogP contribution in [0.3, 0.4) is 0 Å². The molecule has 3 heterocycles. The smallest absolute Gasteiger partial charge is 0.217 e. The van der Waals surface area contributed by atoms with E-state index in [9.17, 15) is 60.3 Å². The summed E-state index contributed by atoms with van der Waals surface area (Å²) in [4.78, 5) is 34.9. The molecule has 0 aromatic carbocycles. The minimum Gasteiger partial charge on any atom is -0.394 e. The van der Waals surface area contributed by atoms with Gasteiger partial charge in [0, 0.05) is 26.3 Å². The van der Waals surface area contributed by atoms with Crippen LogP contribution in [0.4, 0.5) is 0 Å². The Balaban J connectivity index is 1.30. The van der Waals surface area contributed by atoms with Crippen LogP contribution in [0.5, 0.6) is 0 Å². The highest BCUT2D eigenvalue weighted by Crippen LogP contribution is 2.25. The first-order valence-corrected chi connectivity index (χ1v) is 33.7. The average Bonchev–Trinajstić information content (AvgIpc) is 0.833. The molecule has 0 aromatic heterocycles. The van der Waals surface area contributed by atoms with E-state index in [2.05, 4.69) is 21.3 Å². The Bertz CT molecular complexity index is 1810. The molecule has 15 atom stereocenters. The van der Waals surface area contributed by atoms with Gasteiger partial charge in [0.2, 0.25) is 17.7 Å². The monoisotopic (exact) mass is 1450 g/mol. The predicted molar refractivity (Wildman–Crippen MR) is 342 cm³/mol.